The first-order chi connectivity index (χ1) is 5.50. The highest BCUT2D eigenvalue weighted by Gasteiger charge is 2.21. The Bertz CT molecular complexity index is 208. The van der Waals surface area contributed by atoms with E-state index in [9.17, 15) is 9.59 Å². The second kappa shape index (κ2) is 4.64. The first kappa shape index (κ1) is 10.8. The SMILES string of the molecule is CCOC(=O)C(=N)C(=O)C(C)C. The minimum Gasteiger partial charge on any atom is -0.461 e. The van der Waals surface area contributed by atoms with Gasteiger partial charge < -0.3 is 4.74 Å². The summed E-state index contributed by atoms with van der Waals surface area (Å²) in [6.07, 6.45) is 0. The second-order valence-corrected chi connectivity index (χ2v) is 2.61. The minimum atomic E-state index is -0.837. The summed E-state index contributed by atoms with van der Waals surface area (Å²) in [5.41, 5.74) is -0.563. The maximum Gasteiger partial charge on any atom is 0.359 e. The van der Waals surface area contributed by atoms with Gasteiger partial charge >= 0.3 is 5.97 Å². The lowest BCUT2D eigenvalue weighted by molar-refractivity contribution is -0.136. The fraction of sp³-hybridized carbons (Fsp3) is 0.625. The standard InChI is InChI=1S/C8H13NO3/c1-4-12-8(11)6(9)7(10)5(2)3/h5,9H,4H2,1-3H3. The van der Waals surface area contributed by atoms with Crippen LogP contribution in [-0.2, 0) is 14.3 Å². The average molecular weight is 171 g/mol. The van der Waals surface area contributed by atoms with Crippen LogP contribution in [0.25, 0.3) is 0 Å². The Morgan fingerprint density at radius 1 is 1.42 bits per heavy atom. The predicted molar refractivity (Wildman–Crippen MR) is 44.2 cm³/mol. The number of ether oxygens (including phenoxy) is 1. The molecule has 0 aromatic rings. The number of carbonyl (C=O) groups is 2. The summed E-state index contributed by atoms with van der Waals surface area (Å²) >= 11 is 0. The number of ketones is 1. The third kappa shape index (κ3) is 2.82. The Morgan fingerprint density at radius 2 is 1.92 bits per heavy atom. The Hall–Kier alpha value is -1.19. The summed E-state index contributed by atoms with van der Waals surface area (Å²) < 4.78 is 4.49. The molecule has 1 N–H and O–H groups in total. The zero-order chi connectivity index (χ0) is 9.72. The molecular formula is C8H13NO3. The molecule has 0 bridgehead atoms. The van der Waals surface area contributed by atoms with Crippen molar-refractivity contribution >= 4 is 17.5 Å². The van der Waals surface area contributed by atoms with Gasteiger partial charge in [0.1, 0.15) is 0 Å². The monoisotopic (exact) mass is 171 g/mol. The van der Waals surface area contributed by atoms with Crippen LogP contribution in [0.3, 0.4) is 0 Å². The molecule has 0 aromatic carbocycles. The quantitative estimate of drug-likeness (QED) is 0.386. The Labute approximate surface area is 71.4 Å². The predicted octanol–water partition coefficient (Wildman–Crippen LogP) is 0.794. The average Bonchev–Trinajstić information content (AvgIpc) is 2.02. The molecule has 0 aliphatic carbocycles. The molecule has 12 heavy (non-hydrogen) atoms. The van der Waals surface area contributed by atoms with Crippen LogP contribution in [0.1, 0.15) is 20.8 Å². The number of hydrogen-bond donors (Lipinski definition) is 1. The van der Waals surface area contributed by atoms with Crippen molar-refractivity contribution in [1.82, 2.24) is 0 Å². The molecule has 0 radical (unpaired) electrons. The molecule has 0 aromatic heterocycles. The van der Waals surface area contributed by atoms with Gasteiger partial charge in [0.2, 0.25) is 0 Å². The number of esters is 1. The van der Waals surface area contributed by atoms with Gasteiger partial charge in [0, 0.05) is 5.92 Å². The molecule has 0 aliphatic heterocycles. The van der Waals surface area contributed by atoms with Crippen LogP contribution < -0.4 is 0 Å². The largest absolute Gasteiger partial charge is 0.461 e. The molecule has 0 amide bonds. The van der Waals surface area contributed by atoms with Crippen molar-refractivity contribution in [3.8, 4) is 0 Å². The molecule has 0 rings (SSSR count). The first-order valence-electron chi connectivity index (χ1n) is 3.80. The van der Waals surface area contributed by atoms with Crippen molar-refractivity contribution in [2.24, 2.45) is 5.92 Å². The van der Waals surface area contributed by atoms with Gasteiger partial charge in [-0.2, -0.15) is 0 Å². The van der Waals surface area contributed by atoms with Crippen LogP contribution in [0.5, 0.6) is 0 Å². The summed E-state index contributed by atoms with van der Waals surface area (Å²) in [6.45, 7) is 5.09. The summed E-state index contributed by atoms with van der Waals surface area (Å²) in [4.78, 5) is 21.9. The van der Waals surface area contributed by atoms with E-state index < -0.39 is 17.5 Å². The van der Waals surface area contributed by atoms with Gasteiger partial charge in [-0.05, 0) is 6.92 Å². The van der Waals surface area contributed by atoms with Crippen molar-refractivity contribution in [2.45, 2.75) is 20.8 Å². The van der Waals surface area contributed by atoms with Gasteiger partial charge in [0.05, 0.1) is 6.61 Å². The lowest BCUT2D eigenvalue weighted by Gasteiger charge is -2.04. The molecule has 0 aliphatic rings. The van der Waals surface area contributed by atoms with E-state index in [2.05, 4.69) is 4.74 Å². The fourth-order valence-corrected chi connectivity index (χ4v) is 0.593. The molecule has 0 unspecified atom stereocenters. The summed E-state index contributed by atoms with van der Waals surface area (Å²) in [5, 5.41) is 7.11. The van der Waals surface area contributed by atoms with Gasteiger partial charge in [0.25, 0.3) is 0 Å². The van der Waals surface area contributed by atoms with Crippen molar-refractivity contribution in [1.29, 1.82) is 5.41 Å². The fourth-order valence-electron chi connectivity index (χ4n) is 0.593. The van der Waals surface area contributed by atoms with E-state index in [-0.39, 0.29) is 12.5 Å². The number of rotatable bonds is 4. The molecule has 0 spiro atoms. The molecule has 0 fully saturated rings. The highest BCUT2D eigenvalue weighted by molar-refractivity contribution is 6.63. The molecule has 0 atom stereocenters. The van der Waals surface area contributed by atoms with Crippen LogP contribution in [0.4, 0.5) is 0 Å². The Kier molecular flexibility index (Phi) is 4.18. The van der Waals surface area contributed by atoms with Gasteiger partial charge in [0.15, 0.2) is 11.5 Å². The van der Waals surface area contributed by atoms with Crippen LogP contribution in [0, 0.1) is 11.3 Å². The summed E-state index contributed by atoms with van der Waals surface area (Å²) in [6, 6.07) is 0. The molecule has 0 saturated carbocycles. The number of Topliss-reactive ketones (excluding diaryl/α,β-unsaturated/α-hetero) is 1. The molecular weight excluding hydrogens is 158 g/mol. The lowest BCUT2D eigenvalue weighted by Crippen LogP contribution is -2.28. The van der Waals surface area contributed by atoms with Gasteiger partial charge in [-0.1, -0.05) is 13.8 Å². The topological polar surface area (TPSA) is 67.2 Å². The lowest BCUT2D eigenvalue weighted by atomic mass is 10.1. The van der Waals surface area contributed by atoms with Crippen molar-refractivity contribution < 1.29 is 14.3 Å². The van der Waals surface area contributed by atoms with Gasteiger partial charge in [-0.3, -0.25) is 10.2 Å². The van der Waals surface area contributed by atoms with E-state index in [0.717, 1.165) is 0 Å². The highest BCUT2D eigenvalue weighted by Crippen LogP contribution is 1.97. The van der Waals surface area contributed by atoms with Crippen LogP contribution in [0.2, 0.25) is 0 Å². The van der Waals surface area contributed by atoms with Gasteiger partial charge in [-0.25, -0.2) is 4.79 Å². The molecule has 0 saturated heterocycles. The maximum absolute atomic E-state index is 11.0. The number of nitrogens with one attached hydrogen (secondary N) is 1. The van der Waals surface area contributed by atoms with Crippen LogP contribution >= 0.6 is 0 Å². The minimum absolute atomic E-state index is 0.187. The normalized spacial score (nSPS) is 9.67. The van der Waals surface area contributed by atoms with Crippen molar-refractivity contribution in [2.75, 3.05) is 6.61 Å². The molecule has 0 heterocycles. The number of hydrogen-bond acceptors (Lipinski definition) is 4. The van der Waals surface area contributed by atoms with E-state index in [0.29, 0.717) is 0 Å². The zero-order valence-corrected chi connectivity index (χ0v) is 7.51. The van der Waals surface area contributed by atoms with Crippen LogP contribution in [0.15, 0.2) is 0 Å². The highest BCUT2D eigenvalue weighted by atomic mass is 16.5. The van der Waals surface area contributed by atoms with E-state index in [1.807, 2.05) is 0 Å². The Balaban J connectivity index is 4.20. The third-order valence-corrected chi connectivity index (χ3v) is 1.25. The van der Waals surface area contributed by atoms with E-state index in [1.165, 1.54) is 0 Å². The van der Waals surface area contributed by atoms with Crippen LogP contribution in [-0.4, -0.2) is 24.1 Å². The van der Waals surface area contributed by atoms with E-state index >= 15 is 0 Å². The maximum atomic E-state index is 11.0. The zero-order valence-electron chi connectivity index (χ0n) is 7.51. The van der Waals surface area contributed by atoms with Gasteiger partial charge in [-0.15, -0.1) is 0 Å². The first-order valence-corrected chi connectivity index (χ1v) is 3.80. The number of carbonyl (C=O) groups excluding carboxylic acids is 2. The smallest absolute Gasteiger partial charge is 0.359 e. The van der Waals surface area contributed by atoms with Crippen molar-refractivity contribution in [3.63, 3.8) is 0 Å². The molecule has 4 heteroatoms. The molecule has 68 valence electrons. The summed E-state index contributed by atoms with van der Waals surface area (Å²) in [7, 11) is 0. The van der Waals surface area contributed by atoms with E-state index in [4.69, 9.17) is 5.41 Å². The van der Waals surface area contributed by atoms with E-state index in [1.54, 1.807) is 20.8 Å². The Morgan fingerprint density at radius 3 is 2.25 bits per heavy atom. The third-order valence-electron chi connectivity index (χ3n) is 1.25. The summed E-state index contributed by atoms with van der Waals surface area (Å²) in [5.74, 6) is -1.65. The van der Waals surface area contributed by atoms with Crippen molar-refractivity contribution in [3.05, 3.63) is 0 Å². The second-order valence-electron chi connectivity index (χ2n) is 2.61. The molecule has 4 nitrogen and oxygen atoms in total.